The number of carbonyl (C=O) groups excluding carboxylic acids is 1. The zero-order valence-corrected chi connectivity index (χ0v) is 16.9. The van der Waals surface area contributed by atoms with Gasteiger partial charge in [-0.15, -0.1) is 10.2 Å². The van der Waals surface area contributed by atoms with Gasteiger partial charge in [-0.05, 0) is 54.4 Å². The van der Waals surface area contributed by atoms with Crippen LogP contribution in [-0.4, -0.2) is 16.2 Å². The number of urea groups is 1. The molecular weight excluding hydrogens is 400 g/mol. The summed E-state index contributed by atoms with van der Waals surface area (Å²) >= 11 is 6.02. The van der Waals surface area contributed by atoms with Crippen LogP contribution in [0.4, 0.5) is 10.5 Å². The fourth-order valence-electron chi connectivity index (χ4n) is 3.01. The van der Waals surface area contributed by atoms with Crippen molar-refractivity contribution in [2.75, 3.05) is 5.32 Å². The standard InChI is InChI=1S/C23H19ClN4O2/c1-15-6-5-9-19(14-15)25-23(29)26-20(16-10-12-18(24)13-11-16)22-28-27-21(30-22)17-7-3-2-4-8-17/h2-14,20H,1H3,(H2,25,26,29)/t20-/m1/s1. The summed E-state index contributed by atoms with van der Waals surface area (Å²) < 4.78 is 5.89. The zero-order chi connectivity index (χ0) is 20.9. The van der Waals surface area contributed by atoms with Crippen molar-refractivity contribution >= 4 is 23.3 Å². The predicted molar refractivity (Wildman–Crippen MR) is 116 cm³/mol. The smallest absolute Gasteiger partial charge is 0.320 e. The molecule has 4 rings (SSSR count). The van der Waals surface area contributed by atoms with Crippen molar-refractivity contribution in [3.63, 3.8) is 0 Å². The molecular formula is C23H19ClN4O2. The van der Waals surface area contributed by atoms with E-state index in [1.54, 1.807) is 12.1 Å². The molecule has 0 saturated heterocycles. The highest BCUT2D eigenvalue weighted by Crippen LogP contribution is 2.26. The number of amides is 2. The van der Waals surface area contributed by atoms with E-state index in [1.807, 2.05) is 73.7 Å². The zero-order valence-electron chi connectivity index (χ0n) is 16.2. The van der Waals surface area contributed by atoms with Gasteiger partial charge in [0.05, 0.1) is 0 Å². The maximum atomic E-state index is 12.7. The first-order chi connectivity index (χ1) is 14.6. The predicted octanol–water partition coefficient (Wildman–Crippen LogP) is 5.61. The van der Waals surface area contributed by atoms with Gasteiger partial charge in [-0.2, -0.15) is 0 Å². The number of nitrogens with one attached hydrogen (secondary N) is 2. The number of carbonyl (C=O) groups is 1. The van der Waals surface area contributed by atoms with E-state index in [9.17, 15) is 4.79 Å². The van der Waals surface area contributed by atoms with Gasteiger partial charge in [0.1, 0.15) is 6.04 Å². The Balaban J connectivity index is 1.61. The highest BCUT2D eigenvalue weighted by Gasteiger charge is 2.23. The molecule has 0 saturated carbocycles. The molecule has 0 unspecified atom stereocenters. The van der Waals surface area contributed by atoms with Gasteiger partial charge in [-0.3, -0.25) is 0 Å². The molecule has 2 N–H and O–H groups in total. The summed E-state index contributed by atoms with van der Waals surface area (Å²) in [5.41, 5.74) is 3.31. The number of aromatic nitrogens is 2. The Kier molecular flexibility index (Phi) is 5.77. The van der Waals surface area contributed by atoms with Crippen LogP contribution in [0.5, 0.6) is 0 Å². The molecule has 3 aromatic carbocycles. The molecule has 0 radical (unpaired) electrons. The summed E-state index contributed by atoms with van der Waals surface area (Å²) in [6.45, 7) is 1.96. The molecule has 6 nitrogen and oxygen atoms in total. The quantitative estimate of drug-likeness (QED) is 0.441. The van der Waals surface area contributed by atoms with Crippen LogP contribution >= 0.6 is 11.6 Å². The Labute approximate surface area is 178 Å². The van der Waals surface area contributed by atoms with Gasteiger partial charge < -0.3 is 15.1 Å². The first-order valence-electron chi connectivity index (χ1n) is 9.37. The van der Waals surface area contributed by atoms with Crippen LogP contribution in [0.1, 0.15) is 23.1 Å². The van der Waals surface area contributed by atoms with Gasteiger partial charge in [0.15, 0.2) is 0 Å². The summed E-state index contributed by atoms with van der Waals surface area (Å²) in [4.78, 5) is 12.7. The maximum absolute atomic E-state index is 12.7. The van der Waals surface area contributed by atoms with Crippen LogP contribution in [0.25, 0.3) is 11.5 Å². The van der Waals surface area contributed by atoms with E-state index in [-0.39, 0.29) is 11.9 Å². The molecule has 0 bridgehead atoms. The largest absolute Gasteiger partial charge is 0.418 e. The second-order valence-electron chi connectivity index (χ2n) is 6.76. The second kappa shape index (κ2) is 8.80. The monoisotopic (exact) mass is 418 g/mol. The van der Waals surface area contributed by atoms with Crippen LogP contribution in [0.2, 0.25) is 5.02 Å². The lowest BCUT2D eigenvalue weighted by atomic mass is 10.1. The molecule has 7 heteroatoms. The number of anilines is 1. The van der Waals surface area contributed by atoms with E-state index in [2.05, 4.69) is 20.8 Å². The van der Waals surface area contributed by atoms with Crippen molar-refractivity contribution in [2.24, 2.45) is 0 Å². The molecule has 2 amide bonds. The Morgan fingerprint density at radius 3 is 2.47 bits per heavy atom. The van der Waals surface area contributed by atoms with Crippen molar-refractivity contribution in [1.82, 2.24) is 15.5 Å². The van der Waals surface area contributed by atoms with Gasteiger partial charge in [-0.1, -0.05) is 54.1 Å². The van der Waals surface area contributed by atoms with E-state index in [0.29, 0.717) is 16.6 Å². The lowest BCUT2D eigenvalue weighted by Crippen LogP contribution is -2.33. The molecule has 4 aromatic rings. The molecule has 0 fully saturated rings. The molecule has 150 valence electrons. The molecule has 1 atom stereocenters. The summed E-state index contributed by atoms with van der Waals surface area (Å²) in [6.07, 6.45) is 0. The highest BCUT2D eigenvalue weighted by molar-refractivity contribution is 6.30. The Morgan fingerprint density at radius 1 is 0.967 bits per heavy atom. The topological polar surface area (TPSA) is 80.0 Å². The minimum Gasteiger partial charge on any atom is -0.418 e. The first-order valence-corrected chi connectivity index (χ1v) is 9.75. The molecule has 0 spiro atoms. The number of nitrogens with zero attached hydrogens (tertiary/aromatic N) is 2. The van der Waals surface area contributed by atoms with Crippen LogP contribution in [-0.2, 0) is 0 Å². The van der Waals surface area contributed by atoms with E-state index in [4.69, 9.17) is 16.0 Å². The Bertz CT molecular complexity index is 1140. The SMILES string of the molecule is Cc1cccc(NC(=O)N[C@H](c2ccc(Cl)cc2)c2nnc(-c3ccccc3)o2)c1. The molecule has 0 aliphatic rings. The number of aryl methyl sites for hydroxylation is 1. The average Bonchev–Trinajstić information content (AvgIpc) is 3.23. The third kappa shape index (κ3) is 4.67. The van der Waals surface area contributed by atoms with E-state index < -0.39 is 6.04 Å². The van der Waals surface area contributed by atoms with Crippen LogP contribution in [0, 0.1) is 6.92 Å². The number of rotatable bonds is 5. The summed E-state index contributed by atoms with van der Waals surface area (Å²) in [7, 11) is 0. The van der Waals surface area contributed by atoms with Gasteiger partial charge >= 0.3 is 6.03 Å². The van der Waals surface area contributed by atoms with Crippen molar-refractivity contribution in [3.8, 4) is 11.5 Å². The van der Waals surface area contributed by atoms with E-state index in [0.717, 1.165) is 16.7 Å². The van der Waals surface area contributed by atoms with Crippen molar-refractivity contribution in [1.29, 1.82) is 0 Å². The maximum Gasteiger partial charge on any atom is 0.320 e. The average molecular weight is 419 g/mol. The highest BCUT2D eigenvalue weighted by atomic mass is 35.5. The van der Waals surface area contributed by atoms with Crippen LogP contribution in [0.3, 0.4) is 0 Å². The number of hydrogen-bond donors (Lipinski definition) is 2. The number of hydrogen-bond acceptors (Lipinski definition) is 4. The van der Waals surface area contributed by atoms with Gasteiger partial charge in [-0.25, -0.2) is 4.79 Å². The van der Waals surface area contributed by atoms with E-state index in [1.165, 1.54) is 0 Å². The number of halogens is 1. The molecule has 1 heterocycles. The molecule has 0 aliphatic carbocycles. The lowest BCUT2D eigenvalue weighted by molar-refractivity contribution is 0.248. The lowest BCUT2D eigenvalue weighted by Gasteiger charge is -2.16. The molecule has 30 heavy (non-hydrogen) atoms. The Morgan fingerprint density at radius 2 is 1.73 bits per heavy atom. The first kappa shape index (κ1) is 19.7. The van der Waals surface area contributed by atoms with Crippen LogP contribution in [0.15, 0.2) is 83.3 Å². The third-order valence-corrected chi connectivity index (χ3v) is 4.72. The minimum atomic E-state index is -0.642. The van der Waals surface area contributed by atoms with Gasteiger partial charge in [0, 0.05) is 16.3 Å². The summed E-state index contributed by atoms with van der Waals surface area (Å²) in [5, 5.41) is 14.7. The summed E-state index contributed by atoms with van der Waals surface area (Å²) in [5.74, 6) is 0.654. The fourth-order valence-corrected chi connectivity index (χ4v) is 3.14. The van der Waals surface area contributed by atoms with Crippen molar-refractivity contribution < 1.29 is 9.21 Å². The van der Waals surface area contributed by atoms with Gasteiger partial charge in [0.2, 0.25) is 11.8 Å². The third-order valence-electron chi connectivity index (χ3n) is 4.46. The summed E-state index contributed by atoms with van der Waals surface area (Å²) in [6, 6.07) is 23.1. The van der Waals surface area contributed by atoms with Crippen molar-refractivity contribution in [3.05, 3.63) is 101 Å². The Hall–Kier alpha value is -3.64. The molecule has 1 aromatic heterocycles. The van der Waals surface area contributed by atoms with Crippen LogP contribution < -0.4 is 10.6 Å². The fraction of sp³-hybridized carbons (Fsp3) is 0.0870. The normalized spacial score (nSPS) is 11.7. The van der Waals surface area contributed by atoms with Crippen molar-refractivity contribution in [2.45, 2.75) is 13.0 Å². The number of benzene rings is 3. The molecule has 0 aliphatic heterocycles. The second-order valence-corrected chi connectivity index (χ2v) is 7.20. The minimum absolute atomic E-state index is 0.274. The van der Waals surface area contributed by atoms with E-state index >= 15 is 0 Å². The van der Waals surface area contributed by atoms with Gasteiger partial charge in [0.25, 0.3) is 0 Å².